The summed E-state index contributed by atoms with van der Waals surface area (Å²) in [6.07, 6.45) is 1.53. The number of benzene rings is 2. The van der Waals surface area contributed by atoms with E-state index in [1.54, 1.807) is 31.4 Å². The number of amides is 2. The maximum Gasteiger partial charge on any atom is 0.251 e. The molecule has 1 aliphatic heterocycles. The Morgan fingerprint density at radius 2 is 1.68 bits per heavy atom. The van der Waals surface area contributed by atoms with Gasteiger partial charge in [-0.3, -0.25) is 14.5 Å². The van der Waals surface area contributed by atoms with E-state index in [0.29, 0.717) is 18.5 Å². The van der Waals surface area contributed by atoms with Gasteiger partial charge >= 0.3 is 0 Å². The lowest BCUT2D eigenvalue weighted by Gasteiger charge is -2.35. The van der Waals surface area contributed by atoms with Crippen molar-refractivity contribution in [2.45, 2.75) is 25.7 Å². The molecule has 1 heterocycles. The van der Waals surface area contributed by atoms with Crippen molar-refractivity contribution in [1.82, 2.24) is 15.1 Å². The first kappa shape index (κ1) is 22.8. The van der Waals surface area contributed by atoms with Gasteiger partial charge in [-0.15, -0.1) is 0 Å². The second-order valence-corrected chi connectivity index (χ2v) is 7.93. The Labute approximate surface area is 185 Å². The summed E-state index contributed by atoms with van der Waals surface area (Å²) >= 11 is 0. The number of rotatable bonds is 9. The summed E-state index contributed by atoms with van der Waals surface area (Å²) in [5.41, 5.74) is 1.87. The van der Waals surface area contributed by atoms with Gasteiger partial charge in [0.15, 0.2) is 0 Å². The molecule has 1 atom stereocenters. The number of piperazine rings is 1. The van der Waals surface area contributed by atoms with Crippen LogP contribution in [0.4, 0.5) is 0 Å². The summed E-state index contributed by atoms with van der Waals surface area (Å²) in [5, 5.41) is 2.97. The van der Waals surface area contributed by atoms with E-state index in [-0.39, 0.29) is 17.7 Å². The standard InChI is InChI=1S/C25H33N3O3/c1-3-20(21-7-5-4-6-8-21)19-24(29)28-17-15-27(16-18-28)14-13-26-25(30)22-9-11-23(31-2)12-10-22/h4-12,20H,3,13-19H2,1-2H3,(H,26,30). The molecule has 6 nitrogen and oxygen atoms in total. The number of carbonyl (C=O) groups is 2. The molecule has 2 aromatic carbocycles. The summed E-state index contributed by atoms with van der Waals surface area (Å²) in [6, 6.07) is 17.4. The highest BCUT2D eigenvalue weighted by molar-refractivity contribution is 5.94. The zero-order chi connectivity index (χ0) is 22.1. The van der Waals surface area contributed by atoms with Gasteiger partial charge in [0, 0.05) is 51.3 Å². The fraction of sp³-hybridized carbons (Fsp3) is 0.440. The van der Waals surface area contributed by atoms with Crippen molar-refractivity contribution in [1.29, 1.82) is 0 Å². The maximum absolute atomic E-state index is 12.8. The molecular formula is C25H33N3O3. The van der Waals surface area contributed by atoms with Crippen molar-refractivity contribution in [2.75, 3.05) is 46.4 Å². The van der Waals surface area contributed by atoms with Crippen LogP contribution in [0.1, 0.15) is 41.6 Å². The van der Waals surface area contributed by atoms with E-state index >= 15 is 0 Å². The third-order valence-corrected chi connectivity index (χ3v) is 5.98. The maximum atomic E-state index is 12.8. The van der Waals surface area contributed by atoms with Crippen LogP contribution in [-0.2, 0) is 4.79 Å². The molecule has 1 saturated heterocycles. The molecular weight excluding hydrogens is 390 g/mol. The molecule has 166 valence electrons. The molecule has 0 spiro atoms. The Morgan fingerprint density at radius 3 is 2.29 bits per heavy atom. The highest BCUT2D eigenvalue weighted by atomic mass is 16.5. The van der Waals surface area contributed by atoms with Gasteiger partial charge in [0.2, 0.25) is 5.91 Å². The monoisotopic (exact) mass is 423 g/mol. The lowest BCUT2D eigenvalue weighted by atomic mass is 9.92. The van der Waals surface area contributed by atoms with Crippen LogP contribution in [0.2, 0.25) is 0 Å². The quantitative estimate of drug-likeness (QED) is 0.673. The van der Waals surface area contributed by atoms with Crippen LogP contribution in [0, 0.1) is 0 Å². The Balaban J connectivity index is 1.38. The molecule has 6 heteroatoms. The number of hydrogen-bond donors (Lipinski definition) is 1. The fourth-order valence-electron chi connectivity index (χ4n) is 3.96. The van der Waals surface area contributed by atoms with E-state index in [4.69, 9.17) is 4.74 Å². The zero-order valence-electron chi connectivity index (χ0n) is 18.5. The number of ether oxygens (including phenoxy) is 1. The van der Waals surface area contributed by atoms with Crippen LogP contribution < -0.4 is 10.1 Å². The van der Waals surface area contributed by atoms with Crippen LogP contribution >= 0.6 is 0 Å². The molecule has 0 aliphatic carbocycles. The van der Waals surface area contributed by atoms with E-state index in [1.165, 1.54) is 5.56 Å². The van der Waals surface area contributed by atoms with Crippen LogP contribution in [0.15, 0.2) is 54.6 Å². The first-order chi connectivity index (χ1) is 15.1. The number of nitrogens with zero attached hydrogens (tertiary/aromatic N) is 2. The lowest BCUT2D eigenvalue weighted by Crippen LogP contribution is -2.50. The lowest BCUT2D eigenvalue weighted by molar-refractivity contribution is -0.133. The Morgan fingerprint density at radius 1 is 1.00 bits per heavy atom. The smallest absolute Gasteiger partial charge is 0.251 e. The highest BCUT2D eigenvalue weighted by Crippen LogP contribution is 2.24. The van der Waals surface area contributed by atoms with Gasteiger partial charge in [-0.2, -0.15) is 0 Å². The predicted molar refractivity (Wildman–Crippen MR) is 122 cm³/mol. The first-order valence-corrected chi connectivity index (χ1v) is 11.1. The molecule has 2 amide bonds. The van der Waals surface area contributed by atoms with Crippen molar-refractivity contribution in [3.63, 3.8) is 0 Å². The molecule has 1 fully saturated rings. The molecule has 1 unspecified atom stereocenters. The average Bonchev–Trinajstić information content (AvgIpc) is 2.83. The van der Waals surface area contributed by atoms with E-state index in [1.807, 2.05) is 23.1 Å². The number of hydrogen-bond acceptors (Lipinski definition) is 4. The van der Waals surface area contributed by atoms with Gasteiger partial charge in [-0.1, -0.05) is 37.3 Å². The minimum atomic E-state index is -0.0806. The summed E-state index contributed by atoms with van der Waals surface area (Å²) in [4.78, 5) is 29.3. The number of nitrogens with one attached hydrogen (secondary N) is 1. The van der Waals surface area contributed by atoms with E-state index in [9.17, 15) is 9.59 Å². The molecule has 0 saturated carbocycles. The summed E-state index contributed by atoms with van der Waals surface area (Å²) in [6.45, 7) is 6.69. The highest BCUT2D eigenvalue weighted by Gasteiger charge is 2.23. The van der Waals surface area contributed by atoms with Gasteiger partial charge < -0.3 is 15.0 Å². The van der Waals surface area contributed by atoms with Crippen molar-refractivity contribution in [2.24, 2.45) is 0 Å². The van der Waals surface area contributed by atoms with Gasteiger partial charge in [-0.25, -0.2) is 0 Å². The first-order valence-electron chi connectivity index (χ1n) is 11.1. The van der Waals surface area contributed by atoms with Crippen molar-refractivity contribution < 1.29 is 14.3 Å². The summed E-state index contributed by atoms with van der Waals surface area (Å²) in [7, 11) is 1.60. The Hall–Kier alpha value is -2.86. The number of methoxy groups -OCH3 is 1. The van der Waals surface area contributed by atoms with Crippen LogP contribution in [-0.4, -0.2) is 68.0 Å². The third kappa shape index (κ3) is 6.56. The van der Waals surface area contributed by atoms with E-state index in [0.717, 1.165) is 44.9 Å². The van der Waals surface area contributed by atoms with E-state index in [2.05, 4.69) is 29.3 Å². The van der Waals surface area contributed by atoms with Crippen molar-refractivity contribution >= 4 is 11.8 Å². The SMILES string of the molecule is CCC(CC(=O)N1CCN(CCNC(=O)c2ccc(OC)cc2)CC1)c1ccccc1. The van der Waals surface area contributed by atoms with Crippen LogP contribution in [0.25, 0.3) is 0 Å². The Kier molecular flexibility index (Phi) is 8.47. The van der Waals surface area contributed by atoms with Gasteiger partial charge in [0.1, 0.15) is 5.75 Å². The molecule has 1 aliphatic rings. The van der Waals surface area contributed by atoms with Gasteiger partial charge in [0.25, 0.3) is 5.91 Å². The predicted octanol–water partition coefficient (Wildman–Crippen LogP) is 3.15. The van der Waals surface area contributed by atoms with Gasteiger partial charge in [-0.05, 0) is 42.2 Å². The van der Waals surface area contributed by atoms with Crippen LogP contribution in [0.3, 0.4) is 0 Å². The topological polar surface area (TPSA) is 61.9 Å². The second-order valence-electron chi connectivity index (χ2n) is 7.93. The molecule has 0 radical (unpaired) electrons. The molecule has 0 bridgehead atoms. The molecule has 1 N–H and O–H groups in total. The zero-order valence-corrected chi connectivity index (χ0v) is 18.5. The van der Waals surface area contributed by atoms with Gasteiger partial charge in [0.05, 0.1) is 7.11 Å². The molecule has 3 rings (SSSR count). The van der Waals surface area contributed by atoms with Crippen molar-refractivity contribution in [3.8, 4) is 5.75 Å². The second kappa shape index (κ2) is 11.5. The Bertz CT molecular complexity index is 831. The van der Waals surface area contributed by atoms with Crippen LogP contribution in [0.5, 0.6) is 5.75 Å². The normalized spacial score (nSPS) is 15.4. The molecule has 31 heavy (non-hydrogen) atoms. The molecule has 0 aromatic heterocycles. The fourth-order valence-corrected chi connectivity index (χ4v) is 3.96. The average molecular weight is 424 g/mol. The van der Waals surface area contributed by atoms with Crippen molar-refractivity contribution in [3.05, 3.63) is 65.7 Å². The third-order valence-electron chi connectivity index (χ3n) is 5.98. The molecule has 2 aromatic rings. The largest absolute Gasteiger partial charge is 0.497 e. The minimum Gasteiger partial charge on any atom is -0.497 e. The summed E-state index contributed by atoms with van der Waals surface area (Å²) < 4.78 is 5.12. The number of carbonyl (C=O) groups excluding carboxylic acids is 2. The minimum absolute atomic E-state index is 0.0806. The van der Waals surface area contributed by atoms with E-state index < -0.39 is 0 Å². The summed E-state index contributed by atoms with van der Waals surface area (Å²) in [5.74, 6) is 1.17.